The van der Waals surface area contributed by atoms with Gasteiger partial charge in [-0.2, -0.15) is 23.5 Å². The third-order valence-electron chi connectivity index (χ3n) is 2.46. The van der Waals surface area contributed by atoms with Crippen molar-refractivity contribution in [2.75, 3.05) is 17.3 Å². The highest BCUT2D eigenvalue weighted by Crippen LogP contribution is 2.35. The minimum Gasteiger partial charge on any atom is -0.271 e. The summed E-state index contributed by atoms with van der Waals surface area (Å²) in [5.74, 6) is 9.41. The van der Waals surface area contributed by atoms with Crippen molar-refractivity contribution in [3.8, 4) is 0 Å². The van der Waals surface area contributed by atoms with E-state index in [4.69, 9.17) is 5.84 Å². The third-order valence-corrected chi connectivity index (χ3v) is 6.41. The summed E-state index contributed by atoms with van der Waals surface area (Å²) in [5.41, 5.74) is 2.98. The molecule has 0 radical (unpaired) electrons. The van der Waals surface area contributed by atoms with Gasteiger partial charge in [0.15, 0.2) is 0 Å². The maximum Gasteiger partial charge on any atom is 0.0679 e. The zero-order valence-electron chi connectivity index (χ0n) is 8.73. The van der Waals surface area contributed by atoms with Gasteiger partial charge in [0, 0.05) is 32.3 Å². The minimum absolute atomic E-state index is 0.321. The Morgan fingerprint density at radius 2 is 2.33 bits per heavy atom. The lowest BCUT2D eigenvalue weighted by atomic mass is 10.2. The summed E-state index contributed by atoms with van der Waals surface area (Å²) in [6.45, 7) is 2.14. The molecule has 0 bridgehead atoms. The van der Waals surface area contributed by atoms with Crippen molar-refractivity contribution in [1.82, 2.24) is 5.43 Å². The summed E-state index contributed by atoms with van der Waals surface area (Å²) in [5, 5.41) is 0.617. The van der Waals surface area contributed by atoms with Crippen LogP contribution in [0, 0.1) is 6.92 Å². The number of nitrogens with one attached hydrogen (secondary N) is 1. The molecule has 5 heteroatoms. The molecule has 2 nitrogen and oxygen atoms in total. The highest BCUT2D eigenvalue weighted by molar-refractivity contribution is 8.06. The van der Waals surface area contributed by atoms with Crippen LogP contribution in [0.1, 0.15) is 15.8 Å². The number of aryl methyl sites for hydroxylation is 1. The molecule has 0 saturated carbocycles. The van der Waals surface area contributed by atoms with Gasteiger partial charge in [-0.1, -0.05) is 0 Å². The van der Waals surface area contributed by atoms with Gasteiger partial charge in [-0.3, -0.25) is 11.3 Å². The Morgan fingerprint density at radius 3 is 2.87 bits per heavy atom. The van der Waals surface area contributed by atoms with Crippen LogP contribution >= 0.6 is 34.9 Å². The SMILES string of the molecule is Cc1ccc(C(NN)C2CSCCS2)s1. The lowest BCUT2D eigenvalue weighted by molar-refractivity contribution is 0.561. The van der Waals surface area contributed by atoms with E-state index in [1.165, 1.54) is 27.0 Å². The second-order valence-electron chi connectivity index (χ2n) is 3.58. The first-order chi connectivity index (χ1) is 7.31. The molecule has 1 aliphatic rings. The Morgan fingerprint density at radius 1 is 1.47 bits per heavy atom. The molecule has 0 amide bonds. The molecule has 2 heterocycles. The van der Waals surface area contributed by atoms with E-state index < -0.39 is 0 Å². The van der Waals surface area contributed by atoms with Crippen molar-refractivity contribution >= 4 is 34.9 Å². The van der Waals surface area contributed by atoms with E-state index in [1.807, 2.05) is 34.9 Å². The van der Waals surface area contributed by atoms with Crippen LogP contribution < -0.4 is 11.3 Å². The number of hydrazine groups is 1. The van der Waals surface area contributed by atoms with Crippen LogP contribution in [-0.4, -0.2) is 22.5 Å². The van der Waals surface area contributed by atoms with Crippen molar-refractivity contribution in [1.29, 1.82) is 0 Å². The highest BCUT2D eigenvalue weighted by Gasteiger charge is 2.25. The molecule has 1 fully saturated rings. The molecular formula is C10H16N2S3. The largest absolute Gasteiger partial charge is 0.271 e. The molecule has 0 aliphatic carbocycles. The van der Waals surface area contributed by atoms with Crippen molar-refractivity contribution < 1.29 is 0 Å². The number of hydrogen-bond donors (Lipinski definition) is 2. The van der Waals surface area contributed by atoms with Gasteiger partial charge in [0.25, 0.3) is 0 Å². The van der Waals surface area contributed by atoms with Gasteiger partial charge >= 0.3 is 0 Å². The van der Waals surface area contributed by atoms with Gasteiger partial charge in [-0.25, -0.2) is 0 Å². The van der Waals surface area contributed by atoms with E-state index in [9.17, 15) is 0 Å². The predicted octanol–water partition coefficient (Wildman–Crippen LogP) is 2.41. The normalized spacial score (nSPS) is 24.0. The second kappa shape index (κ2) is 5.59. The quantitative estimate of drug-likeness (QED) is 0.646. The fraction of sp³-hybridized carbons (Fsp3) is 0.600. The van der Waals surface area contributed by atoms with Gasteiger partial charge in [0.1, 0.15) is 0 Å². The van der Waals surface area contributed by atoms with Crippen LogP contribution in [0.25, 0.3) is 0 Å². The first-order valence-corrected chi connectivity index (χ1v) is 8.05. The number of thioether (sulfide) groups is 2. The molecule has 15 heavy (non-hydrogen) atoms. The highest BCUT2D eigenvalue weighted by atomic mass is 32.2. The maximum absolute atomic E-state index is 5.68. The fourth-order valence-corrected chi connectivity index (χ4v) is 5.62. The van der Waals surface area contributed by atoms with Gasteiger partial charge in [0.05, 0.1) is 6.04 Å². The smallest absolute Gasteiger partial charge is 0.0679 e. The summed E-state index contributed by atoms with van der Waals surface area (Å²) >= 11 is 5.93. The van der Waals surface area contributed by atoms with Crippen molar-refractivity contribution in [3.63, 3.8) is 0 Å². The number of thiophene rings is 1. The average molecular weight is 260 g/mol. The molecule has 1 aromatic heterocycles. The van der Waals surface area contributed by atoms with Crippen LogP contribution in [-0.2, 0) is 0 Å². The van der Waals surface area contributed by atoms with E-state index >= 15 is 0 Å². The van der Waals surface area contributed by atoms with Crippen molar-refractivity contribution in [3.05, 3.63) is 21.9 Å². The van der Waals surface area contributed by atoms with E-state index in [0.29, 0.717) is 11.3 Å². The predicted molar refractivity (Wildman–Crippen MR) is 72.7 cm³/mol. The van der Waals surface area contributed by atoms with Crippen LogP contribution in [0.15, 0.2) is 12.1 Å². The van der Waals surface area contributed by atoms with Crippen LogP contribution in [0.3, 0.4) is 0 Å². The summed E-state index contributed by atoms with van der Waals surface area (Å²) in [6, 6.07) is 4.69. The molecule has 2 unspecified atom stereocenters. The van der Waals surface area contributed by atoms with Crippen LogP contribution in [0.2, 0.25) is 0 Å². The molecule has 0 spiro atoms. The Labute approximate surface area is 103 Å². The van der Waals surface area contributed by atoms with Crippen LogP contribution in [0.5, 0.6) is 0 Å². The molecule has 1 aliphatic heterocycles. The summed E-state index contributed by atoms with van der Waals surface area (Å²) in [7, 11) is 0. The maximum atomic E-state index is 5.68. The number of nitrogens with two attached hydrogens (primary N) is 1. The average Bonchev–Trinajstić information content (AvgIpc) is 2.68. The first-order valence-electron chi connectivity index (χ1n) is 5.03. The Bertz CT molecular complexity index is 307. The van der Waals surface area contributed by atoms with Gasteiger partial charge in [0.2, 0.25) is 0 Å². The zero-order chi connectivity index (χ0) is 10.7. The molecular weight excluding hydrogens is 244 g/mol. The molecule has 2 atom stereocenters. The van der Waals surface area contributed by atoms with E-state index in [2.05, 4.69) is 24.5 Å². The molecule has 1 saturated heterocycles. The number of rotatable bonds is 3. The van der Waals surface area contributed by atoms with E-state index in [0.717, 1.165) is 0 Å². The first kappa shape index (κ1) is 11.8. The molecule has 0 aromatic carbocycles. The summed E-state index contributed by atoms with van der Waals surface area (Å²) in [4.78, 5) is 2.73. The van der Waals surface area contributed by atoms with Crippen molar-refractivity contribution in [2.45, 2.75) is 18.2 Å². The summed E-state index contributed by atoms with van der Waals surface area (Å²) in [6.07, 6.45) is 0. The third kappa shape index (κ3) is 2.91. The monoisotopic (exact) mass is 260 g/mol. The van der Waals surface area contributed by atoms with Gasteiger partial charge in [-0.15, -0.1) is 11.3 Å². The van der Waals surface area contributed by atoms with Crippen molar-refractivity contribution in [2.24, 2.45) is 5.84 Å². The number of hydrogen-bond acceptors (Lipinski definition) is 5. The fourth-order valence-electron chi connectivity index (χ4n) is 1.69. The van der Waals surface area contributed by atoms with Gasteiger partial charge < -0.3 is 0 Å². The Hall–Kier alpha value is 0.320. The lowest BCUT2D eigenvalue weighted by Gasteiger charge is -2.28. The standard InChI is InChI=1S/C10H16N2S3/c1-7-2-3-8(15-7)10(12-11)9-6-13-4-5-14-9/h2-3,9-10,12H,4-6,11H2,1H3. The van der Waals surface area contributed by atoms with E-state index in [1.54, 1.807) is 0 Å². The second-order valence-corrected chi connectivity index (χ2v) is 7.39. The van der Waals surface area contributed by atoms with Gasteiger partial charge in [-0.05, 0) is 19.1 Å². The molecule has 84 valence electrons. The Kier molecular flexibility index (Phi) is 4.40. The zero-order valence-corrected chi connectivity index (χ0v) is 11.2. The lowest BCUT2D eigenvalue weighted by Crippen LogP contribution is -2.37. The molecule has 1 aromatic rings. The van der Waals surface area contributed by atoms with Crippen LogP contribution in [0.4, 0.5) is 0 Å². The topological polar surface area (TPSA) is 38.0 Å². The minimum atomic E-state index is 0.321. The summed E-state index contributed by atoms with van der Waals surface area (Å²) < 4.78 is 0. The molecule has 2 rings (SSSR count). The molecule has 3 N–H and O–H groups in total. The van der Waals surface area contributed by atoms with E-state index in [-0.39, 0.29) is 0 Å². The Balaban J connectivity index is 2.08.